The van der Waals surface area contributed by atoms with Crippen LogP contribution in [-0.4, -0.2) is 57.6 Å². The van der Waals surface area contributed by atoms with Crippen molar-refractivity contribution in [3.05, 3.63) is 35.4 Å². The molecule has 0 fully saturated rings. The summed E-state index contributed by atoms with van der Waals surface area (Å²) in [5.74, 6) is -0.383. The summed E-state index contributed by atoms with van der Waals surface area (Å²) in [7, 11) is 5.71. The number of nitrogens with zero attached hydrogens (tertiary/aromatic N) is 4. The third-order valence-electron chi connectivity index (χ3n) is 3.46. The van der Waals surface area contributed by atoms with Gasteiger partial charge in [-0.2, -0.15) is 0 Å². The molecule has 0 radical (unpaired) electrons. The molecule has 10 heteroatoms. The fraction of sp³-hybridized carbons (Fsp3) is 0.389. The highest BCUT2D eigenvalue weighted by molar-refractivity contribution is 6.62. The van der Waals surface area contributed by atoms with Crippen LogP contribution in [0.15, 0.2) is 44.9 Å². The van der Waals surface area contributed by atoms with Crippen LogP contribution in [0.4, 0.5) is 0 Å². The zero-order chi connectivity index (χ0) is 20.9. The van der Waals surface area contributed by atoms with Gasteiger partial charge in [-0.1, -0.05) is 44.9 Å². The van der Waals surface area contributed by atoms with Crippen molar-refractivity contribution in [2.24, 2.45) is 20.6 Å². The smallest absolute Gasteiger partial charge is 0.273 e. The minimum absolute atomic E-state index is 0.129. The second-order valence-electron chi connectivity index (χ2n) is 5.29. The topological polar surface area (TPSA) is 115 Å². The Bertz CT molecular complexity index is 773. The molecule has 0 aromatic heterocycles. The van der Waals surface area contributed by atoms with Gasteiger partial charge in [0.1, 0.15) is 38.9 Å². The highest BCUT2D eigenvalue weighted by Crippen LogP contribution is 2.22. The zero-order valence-electron chi connectivity index (χ0n) is 16.8. The first-order valence-corrected chi connectivity index (χ1v) is 8.31. The van der Waals surface area contributed by atoms with Crippen molar-refractivity contribution < 1.29 is 24.1 Å². The van der Waals surface area contributed by atoms with E-state index < -0.39 is 6.10 Å². The molecule has 152 valence electrons. The highest BCUT2D eigenvalue weighted by Gasteiger charge is 2.21. The number of carbonyl (C=O) groups excluding carboxylic acids is 1. The average molecular weight is 391 g/mol. The number of oxime groups is 4. The van der Waals surface area contributed by atoms with Crippen molar-refractivity contribution >= 4 is 29.3 Å². The Morgan fingerprint density at radius 1 is 1.07 bits per heavy atom. The van der Waals surface area contributed by atoms with Gasteiger partial charge in [0.2, 0.25) is 0 Å². The molecule has 0 aliphatic rings. The van der Waals surface area contributed by atoms with E-state index >= 15 is 0 Å². The van der Waals surface area contributed by atoms with Crippen LogP contribution in [0.1, 0.15) is 31.1 Å². The van der Waals surface area contributed by atoms with Crippen LogP contribution in [0, 0.1) is 0 Å². The molecule has 1 atom stereocenters. The molecule has 1 N–H and O–H groups in total. The van der Waals surface area contributed by atoms with Gasteiger partial charge < -0.3 is 24.7 Å². The maximum absolute atomic E-state index is 12.1. The summed E-state index contributed by atoms with van der Waals surface area (Å²) < 4.78 is 0. The number of likely N-dealkylation sites (N-methyl/N-ethyl adjacent to an activating group) is 1. The number of nitrogens with one attached hydrogen (secondary N) is 1. The van der Waals surface area contributed by atoms with Crippen molar-refractivity contribution in [3.8, 4) is 0 Å². The lowest BCUT2D eigenvalue weighted by Gasteiger charge is -2.15. The normalized spacial score (nSPS) is 13.9. The van der Waals surface area contributed by atoms with E-state index in [1.165, 1.54) is 34.6 Å². The molecule has 0 saturated heterocycles. The molecule has 0 bridgehead atoms. The first-order valence-electron chi connectivity index (χ1n) is 8.31. The van der Waals surface area contributed by atoms with Crippen molar-refractivity contribution in [1.29, 1.82) is 0 Å². The number of hydrogen-bond acceptors (Lipinski definition) is 9. The van der Waals surface area contributed by atoms with Crippen molar-refractivity contribution in [2.75, 3.05) is 28.4 Å². The summed E-state index contributed by atoms with van der Waals surface area (Å²) in [6, 6.07) is 7.17. The van der Waals surface area contributed by atoms with E-state index in [4.69, 9.17) is 19.4 Å². The molecule has 0 aliphatic heterocycles. The maximum Gasteiger partial charge on any atom is 0.273 e. The first-order chi connectivity index (χ1) is 13.5. The Balaban J connectivity index is 3.09. The second kappa shape index (κ2) is 12.0. The van der Waals surface area contributed by atoms with Crippen LogP contribution < -0.4 is 5.32 Å². The fourth-order valence-electron chi connectivity index (χ4n) is 2.18. The number of carbonyl (C=O) groups is 1. The Hall–Kier alpha value is -3.43. The molecule has 1 amide bonds. The summed E-state index contributed by atoms with van der Waals surface area (Å²) in [5.41, 5.74) is 2.18. The summed E-state index contributed by atoms with van der Waals surface area (Å²) >= 11 is 0. The Morgan fingerprint density at radius 3 is 2.32 bits per heavy atom. The summed E-state index contributed by atoms with van der Waals surface area (Å²) in [4.78, 5) is 31.9. The molecule has 1 aromatic rings. The molecular weight excluding hydrogens is 366 g/mol. The van der Waals surface area contributed by atoms with Crippen molar-refractivity contribution in [3.63, 3.8) is 0 Å². The SMILES string of the molecule is CNC(=O)C(=NOC)c1ccccc1C(C)ON=CC(=NOC)C(C)=NOC. The second-order valence-corrected chi connectivity index (χ2v) is 5.29. The van der Waals surface area contributed by atoms with Crippen LogP contribution in [0.25, 0.3) is 0 Å². The van der Waals surface area contributed by atoms with E-state index in [1.807, 2.05) is 12.1 Å². The molecule has 28 heavy (non-hydrogen) atoms. The van der Waals surface area contributed by atoms with Gasteiger partial charge in [0.05, 0.1) is 6.21 Å². The molecular formula is C18H25N5O5. The summed E-state index contributed by atoms with van der Waals surface area (Å²) in [6.07, 6.45) is 0.853. The van der Waals surface area contributed by atoms with E-state index in [-0.39, 0.29) is 11.6 Å². The fourth-order valence-corrected chi connectivity index (χ4v) is 2.18. The zero-order valence-corrected chi connectivity index (χ0v) is 16.8. The van der Waals surface area contributed by atoms with Crippen LogP contribution in [0.2, 0.25) is 0 Å². The van der Waals surface area contributed by atoms with Gasteiger partial charge in [-0.05, 0) is 13.8 Å². The number of benzene rings is 1. The molecule has 0 aliphatic carbocycles. The van der Waals surface area contributed by atoms with E-state index in [0.29, 0.717) is 22.6 Å². The molecule has 0 spiro atoms. The maximum atomic E-state index is 12.1. The van der Waals surface area contributed by atoms with Gasteiger partial charge in [-0.15, -0.1) is 0 Å². The third-order valence-corrected chi connectivity index (χ3v) is 3.46. The van der Waals surface area contributed by atoms with Gasteiger partial charge in [-0.25, -0.2) is 0 Å². The first kappa shape index (κ1) is 22.6. The number of rotatable bonds is 10. The van der Waals surface area contributed by atoms with E-state index in [1.54, 1.807) is 26.0 Å². The Labute approximate surface area is 163 Å². The predicted octanol–water partition coefficient (Wildman–Crippen LogP) is 1.87. The minimum Gasteiger partial charge on any atom is -0.399 e. The average Bonchev–Trinajstić information content (AvgIpc) is 2.70. The van der Waals surface area contributed by atoms with Crippen molar-refractivity contribution in [1.82, 2.24) is 5.32 Å². The monoisotopic (exact) mass is 391 g/mol. The lowest BCUT2D eigenvalue weighted by Crippen LogP contribution is -2.29. The van der Waals surface area contributed by atoms with E-state index in [0.717, 1.165) is 0 Å². The Morgan fingerprint density at radius 2 is 1.71 bits per heavy atom. The van der Waals surface area contributed by atoms with Gasteiger partial charge >= 0.3 is 0 Å². The van der Waals surface area contributed by atoms with E-state index in [9.17, 15) is 4.79 Å². The van der Waals surface area contributed by atoms with Crippen LogP contribution >= 0.6 is 0 Å². The van der Waals surface area contributed by atoms with Crippen LogP contribution in [-0.2, 0) is 24.1 Å². The lowest BCUT2D eigenvalue weighted by atomic mass is 9.99. The molecule has 1 rings (SSSR count). The van der Waals surface area contributed by atoms with Gasteiger partial charge in [0.25, 0.3) is 5.91 Å². The van der Waals surface area contributed by atoms with Gasteiger partial charge in [0, 0.05) is 18.2 Å². The largest absolute Gasteiger partial charge is 0.399 e. The molecule has 0 saturated carbocycles. The highest BCUT2D eigenvalue weighted by atomic mass is 16.6. The molecule has 1 unspecified atom stereocenters. The standard InChI is InChI=1S/C18H25N5O5/c1-12(21-25-4)16(22-26-5)11-20-28-13(2)14-9-7-8-10-15(14)17(23-27-6)18(24)19-3/h7-11,13H,1-6H3,(H,19,24). The summed E-state index contributed by atoms with van der Waals surface area (Å²) in [6.45, 7) is 3.47. The summed E-state index contributed by atoms with van der Waals surface area (Å²) in [5, 5.41) is 17.9. The molecule has 0 heterocycles. The minimum atomic E-state index is -0.498. The van der Waals surface area contributed by atoms with Crippen LogP contribution in [0.3, 0.4) is 0 Å². The lowest BCUT2D eigenvalue weighted by molar-refractivity contribution is -0.114. The number of hydrogen-bond donors (Lipinski definition) is 1. The van der Waals surface area contributed by atoms with Gasteiger partial charge in [-0.3, -0.25) is 4.79 Å². The molecule has 1 aromatic carbocycles. The third kappa shape index (κ3) is 6.38. The molecule has 10 nitrogen and oxygen atoms in total. The van der Waals surface area contributed by atoms with E-state index in [2.05, 4.69) is 25.9 Å². The van der Waals surface area contributed by atoms with Crippen LogP contribution in [0.5, 0.6) is 0 Å². The predicted molar refractivity (Wildman–Crippen MR) is 107 cm³/mol. The van der Waals surface area contributed by atoms with Gasteiger partial charge in [0.15, 0.2) is 5.71 Å². The van der Waals surface area contributed by atoms with Crippen molar-refractivity contribution in [2.45, 2.75) is 20.0 Å². The Kier molecular flexibility index (Phi) is 9.73. The number of amides is 1. The quantitative estimate of drug-likeness (QED) is 0.483.